The molecule has 2 aromatic heterocycles. The number of thiazole rings is 1. The van der Waals surface area contributed by atoms with Gasteiger partial charge in [0.1, 0.15) is 43.8 Å². The minimum absolute atomic E-state index is 0.0196. The number of hydrogen-bond donors (Lipinski definition) is 1. The van der Waals surface area contributed by atoms with Crippen LogP contribution in [-0.4, -0.2) is 107 Å². The SMILES string of the molecule is CSc1c2sc(C3=C(C(=O)OCc4ccc([N+](=O)[O-])cc4)N4C(=O)[C@H]([C@@H](C)O)[C@H]4[C@H]3C)cn2c[n+]1[C@H]1C[C@@H](C(=O)OCc2ccc([N+](=O)[O-])cc2)N(C(=O)OCc2ccc([N+](=O)[O-])cc2)C1.O=S(=O)([O-])C(F)(F)F. The van der Waals surface area contributed by atoms with Gasteiger partial charge in [0.2, 0.25) is 15.8 Å². The van der Waals surface area contributed by atoms with Crippen molar-refractivity contribution in [3.05, 3.63) is 143 Å². The third-order valence-electron chi connectivity index (χ3n) is 12.2. The molecule has 3 aliphatic heterocycles. The van der Waals surface area contributed by atoms with E-state index in [1.54, 1.807) is 0 Å². The third-order valence-corrected chi connectivity index (χ3v) is 14.8. The highest BCUT2D eigenvalue weighted by molar-refractivity contribution is 7.98. The fourth-order valence-corrected chi connectivity index (χ4v) is 10.9. The number of fused-ring (bicyclic) bond motifs is 2. The highest BCUT2D eigenvalue weighted by Gasteiger charge is 2.60. The van der Waals surface area contributed by atoms with Gasteiger partial charge in [-0.05, 0) is 66.3 Å². The molecule has 74 heavy (non-hydrogen) atoms. The van der Waals surface area contributed by atoms with Gasteiger partial charge in [-0.25, -0.2) is 27.4 Å². The number of nitrogens with zero attached hydrogens (tertiary/aromatic N) is 7. The Labute approximate surface area is 423 Å². The first-order valence-corrected chi connectivity index (χ1v) is 25.1. The maximum Gasteiger partial charge on any atom is 0.485 e. The van der Waals surface area contributed by atoms with E-state index in [1.165, 1.54) is 113 Å². The molecular weight excluding hydrogens is 1050 g/mol. The number of alkyl halides is 3. The van der Waals surface area contributed by atoms with Gasteiger partial charge in [0.15, 0.2) is 10.1 Å². The number of amides is 2. The first-order valence-electron chi connectivity index (χ1n) is 21.7. The standard InChI is InChI=1S/C43H40N7O14S2.CHF3O3S/c1-23-34(37(47-36(23)35(24(2)51)38(47)52)42(54)63-20-26-6-12-29(13-7-26)49(58)59)33-18-44-22-46(40(65-3)39(44)66-33)31-16-32(41(53)62-19-25-4-10-28(11-5-25)48(56)57)45(17-31)43(55)64-21-27-8-14-30(15-9-27)50(60)61;2-1(3,4)8(5,6)7/h4-15,18,22-24,31-32,35-36,51H,16-17,19-21H2,1-3H3;(H,5,6,7)/q+1;/p-1/t23-,24+,31-,32-,35+,36+;/m0./s1. The van der Waals surface area contributed by atoms with Crippen molar-refractivity contribution in [3.8, 4) is 0 Å². The molecule has 0 radical (unpaired) electrons. The summed E-state index contributed by atoms with van der Waals surface area (Å²) < 4.78 is 79.7. The summed E-state index contributed by atoms with van der Waals surface area (Å²) >= 11 is 2.76. The number of nitro groups is 3. The van der Waals surface area contributed by atoms with Gasteiger partial charge in [-0.2, -0.15) is 17.6 Å². The van der Waals surface area contributed by atoms with Crippen LogP contribution in [0.3, 0.4) is 0 Å². The molecule has 392 valence electrons. The number of β-lactam (4-membered cyclic amide) rings is 1. The Kier molecular flexibility index (Phi) is 15.8. The van der Waals surface area contributed by atoms with Gasteiger partial charge in [-0.1, -0.05) is 30.0 Å². The Bertz CT molecular complexity index is 3100. The highest BCUT2D eigenvalue weighted by Crippen LogP contribution is 2.52. The molecule has 24 nitrogen and oxygen atoms in total. The van der Waals surface area contributed by atoms with E-state index in [1.807, 2.05) is 34.7 Å². The zero-order valence-electron chi connectivity index (χ0n) is 38.6. The van der Waals surface area contributed by atoms with Gasteiger partial charge in [-0.3, -0.25) is 40.0 Å². The highest BCUT2D eigenvalue weighted by atomic mass is 32.2. The number of rotatable bonds is 15. The van der Waals surface area contributed by atoms with Crippen molar-refractivity contribution in [1.82, 2.24) is 14.2 Å². The predicted octanol–water partition coefficient (Wildman–Crippen LogP) is 5.79. The van der Waals surface area contributed by atoms with Gasteiger partial charge in [0.05, 0.1) is 44.3 Å². The van der Waals surface area contributed by atoms with Crippen LogP contribution in [0.2, 0.25) is 0 Å². The summed E-state index contributed by atoms with van der Waals surface area (Å²) in [6, 6.07) is 14.4. The van der Waals surface area contributed by atoms with Gasteiger partial charge >= 0.3 is 23.5 Å². The number of hydrogen-bond acceptors (Lipinski definition) is 19. The number of aliphatic hydroxyl groups excluding tert-OH is 1. The van der Waals surface area contributed by atoms with E-state index in [-0.39, 0.29) is 55.5 Å². The summed E-state index contributed by atoms with van der Waals surface area (Å²) in [5, 5.41) is 44.7. The lowest BCUT2D eigenvalue weighted by Crippen LogP contribution is -2.63. The smallest absolute Gasteiger partial charge is 0.485 e. The lowest BCUT2D eigenvalue weighted by Gasteiger charge is -2.46. The van der Waals surface area contributed by atoms with E-state index in [4.69, 9.17) is 27.2 Å². The van der Waals surface area contributed by atoms with Crippen molar-refractivity contribution in [2.24, 2.45) is 11.8 Å². The number of ether oxygens (including phenoxy) is 3. The molecule has 5 aromatic rings. The van der Waals surface area contributed by atoms with E-state index in [9.17, 15) is 67.8 Å². The summed E-state index contributed by atoms with van der Waals surface area (Å²) in [5.41, 5.74) is -3.97. The number of likely N-dealkylation sites (tertiary alicyclic amines) is 1. The van der Waals surface area contributed by atoms with E-state index >= 15 is 0 Å². The van der Waals surface area contributed by atoms with Crippen LogP contribution in [0.1, 0.15) is 47.9 Å². The molecule has 0 aliphatic carbocycles. The molecule has 2 saturated heterocycles. The summed E-state index contributed by atoms with van der Waals surface area (Å²) in [7, 11) is -6.09. The molecule has 1 N–H and O–H groups in total. The zero-order valence-corrected chi connectivity index (χ0v) is 41.0. The lowest BCUT2D eigenvalue weighted by molar-refractivity contribution is -0.751. The van der Waals surface area contributed by atoms with Crippen LogP contribution in [-0.2, 0) is 58.5 Å². The van der Waals surface area contributed by atoms with Gasteiger partial charge in [-0.15, -0.1) is 0 Å². The molecule has 2 fully saturated rings. The van der Waals surface area contributed by atoms with Gasteiger partial charge in [0.25, 0.3) is 23.4 Å². The first-order chi connectivity index (χ1) is 34.8. The maximum absolute atomic E-state index is 14.0. The summed E-state index contributed by atoms with van der Waals surface area (Å²) in [6.45, 7) is 2.75. The van der Waals surface area contributed by atoms with Crippen LogP contribution >= 0.6 is 23.1 Å². The third kappa shape index (κ3) is 11.2. The molecule has 0 spiro atoms. The van der Waals surface area contributed by atoms with E-state index in [2.05, 4.69) is 0 Å². The fourth-order valence-electron chi connectivity index (χ4n) is 8.64. The van der Waals surface area contributed by atoms with E-state index in [0.717, 1.165) is 9.86 Å². The Morgan fingerprint density at radius 2 is 1.34 bits per heavy atom. The Morgan fingerprint density at radius 1 is 0.865 bits per heavy atom. The topological polar surface area (TPSA) is 318 Å². The maximum atomic E-state index is 14.0. The second kappa shape index (κ2) is 21.5. The van der Waals surface area contributed by atoms with Crippen molar-refractivity contribution in [3.63, 3.8) is 0 Å². The van der Waals surface area contributed by atoms with Crippen LogP contribution in [0.5, 0.6) is 0 Å². The average Bonchev–Trinajstić information content (AvgIpc) is 4.11. The predicted molar refractivity (Wildman–Crippen MR) is 248 cm³/mol. The van der Waals surface area contributed by atoms with Crippen molar-refractivity contribution in [2.75, 3.05) is 12.8 Å². The lowest BCUT2D eigenvalue weighted by atomic mass is 9.77. The molecule has 0 unspecified atom stereocenters. The second-order valence-corrected chi connectivity index (χ2v) is 20.0. The van der Waals surface area contributed by atoms with Crippen LogP contribution in [0.25, 0.3) is 10.4 Å². The van der Waals surface area contributed by atoms with Crippen LogP contribution in [0.15, 0.2) is 96.0 Å². The number of imidazole rings is 1. The molecule has 6 atom stereocenters. The molecule has 0 bridgehead atoms. The minimum atomic E-state index is -6.09. The largest absolute Gasteiger partial charge is 0.741 e. The molecule has 0 saturated carbocycles. The second-order valence-electron chi connectivity index (χ2n) is 16.8. The van der Waals surface area contributed by atoms with Gasteiger partial charge < -0.3 is 28.8 Å². The molecular formula is C44H40F3N7O17S3. The molecule has 3 aromatic carbocycles. The number of carbonyl (C=O) groups is 4. The molecule has 5 heterocycles. The van der Waals surface area contributed by atoms with E-state index < -0.39 is 90.4 Å². The van der Waals surface area contributed by atoms with Crippen molar-refractivity contribution < 1.29 is 84.0 Å². The Morgan fingerprint density at radius 3 is 1.78 bits per heavy atom. The zero-order chi connectivity index (χ0) is 54.1. The monoisotopic (exact) mass is 1090 g/mol. The van der Waals surface area contributed by atoms with Crippen LogP contribution < -0.4 is 4.57 Å². The Hall–Kier alpha value is -7.54. The van der Waals surface area contributed by atoms with Crippen molar-refractivity contribution in [1.29, 1.82) is 0 Å². The average molecular weight is 1090 g/mol. The van der Waals surface area contributed by atoms with Gasteiger partial charge in [0, 0.05) is 54.3 Å². The fraction of sp³-hybridized carbons (Fsp3) is 0.341. The minimum Gasteiger partial charge on any atom is -0.741 e. The first kappa shape index (κ1) is 54.2. The summed E-state index contributed by atoms with van der Waals surface area (Å²) in [4.78, 5) is 90.8. The summed E-state index contributed by atoms with van der Waals surface area (Å²) in [5.74, 6) is -3.06. The Balaban J connectivity index is 0.000000923. The van der Waals surface area contributed by atoms with E-state index in [0.29, 0.717) is 27.1 Å². The number of aliphatic hydroxyl groups is 1. The molecule has 8 rings (SSSR count). The number of halogens is 3. The van der Waals surface area contributed by atoms with Crippen LogP contribution in [0, 0.1) is 42.2 Å². The molecule has 3 aliphatic rings. The number of carbonyl (C=O) groups excluding carboxylic acids is 4. The summed E-state index contributed by atoms with van der Waals surface area (Å²) in [6.07, 6.45) is 3.80. The number of benzene rings is 3. The molecule has 2 amide bonds. The van der Waals surface area contributed by atoms with Crippen LogP contribution in [0.4, 0.5) is 35.0 Å². The number of thioether (sulfide) groups is 1. The number of aromatic nitrogens is 2. The normalized spacial score (nSPS) is 19.8. The number of non-ortho nitro benzene ring substituents is 3. The number of nitro benzene ring substituents is 3. The number of esters is 2. The van der Waals surface area contributed by atoms with Crippen molar-refractivity contribution in [2.45, 2.75) is 74.9 Å². The van der Waals surface area contributed by atoms with Crippen molar-refractivity contribution >= 4 is 84.6 Å². The molecule has 30 heteroatoms. The quantitative estimate of drug-likeness (QED) is 0.0149.